The van der Waals surface area contributed by atoms with Crippen molar-refractivity contribution in [3.8, 4) is 5.75 Å². The molecule has 0 saturated heterocycles. The van der Waals surface area contributed by atoms with E-state index < -0.39 is 0 Å². The van der Waals surface area contributed by atoms with Crippen LogP contribution in [-0.4, -0.2) is 7.11 Å². The molecule has 0 amide bonds. The number of halogens is 1. The first-order valence-corrected chi connectivity index (χ1v) is 6.48. The third-order valence-corrected chi connectivity index (χ3v) is 3.19. The maximum absolute atomic E-state index is 5.19. The minimum absolute atomic E-state index is 0.803. The van der Waals surface area contributed by atoms with Crippen LogP contribution in [0, 0.1) is 3.57 Å². The molecular weight excluding hydrogens is 325 g/mol. The van der Waals surface area contributed by atoms with Crippen molar-refractivity contribution in [2.75, 3.05) is 12.4 Å². The molecule has 2 aromatic rings. The Morgan fingerprint density at radius 3 is 2.59 bits per heavy atom. The minimum Gasteiger partial charge on any atom is -0.497 e. The van der Waals surface area contributed by atoms with Crippen molar-refractivity contribution in [2.45, 2.75) is 6.54 Å². The van der Waals surface area contributed by atoms with Gasteiger partial charge in [-0.25, -0.2) is 0 Å². The van der Waals surface area contributed by atoms with E-state index in [0.29, 0.717) is 0 Å². The molecule has 17 heavy (non-hydrogen) atoms. The summed E-state index contributed by atoms with van der Waals surface area (Å²) in [6.07, 6.45) is 0. The fraction of sp³-hybridized carbons (Fsp3) is 0.143. The van der Waals surface area contributed by atoms with Crippen LogP contribution in [0.3, 0.4) is 0 Å². The number of rotatable bonds is 4. The lowest BCUT2D eigenvalue weighted by atomic mass is 10.2. The quantitative estimate of drug-likeness (QED) is 0.853. The molecule has 0 aliphatic carbocycles. The summed E-state index contributed by atoms with van der Waals surface area (Å²) in [5, 5.41) is 3.38. The van der Waals surface area contributed by atoms with Crippen LogP contribution >= 0.6 is 22.6 Å². The summed E-state index contributed by atoms with van der Waals surface area (Å²) in [6.45, 7) is 0.803. The Labute approximate surface area is 115 Å². The van der Waals surface area contributed by atoms with Gasteiger partial charge in [-0.2, -0.15) is 0 Å². The molecule has 0 radical (unpaired) electrons. The summed E-state index contributed by atoms with van der Waals surface area (Å²) in [5.74, 6) is 0.895. The molecule has 0 fully saturated rings. The predicted molar refractivity (Wildman–Crippen MR) is 79.5 cm³/mol. The highest BCUT2D eigenvalue weighted by Crippen LogP contribution is 2.15. The topological polar surface area (TPSA) is 21.3 Å². The van der Waals surface area contributed by atoms with Crippen molar-refractivity contribution in [2.24, 2.45) is 0 Å². The summed E-state index contributed by atoms with van der Waals surface area (Å²) in [5.41, 5.74) is 2.34. The predicted octanol–water partition coefficient (Wildman–Crippen LogP) is 3.91. The average Bonchev–Trinajstić information content (AvgIpc) is 2.38. The molecule has 0 aromatic heterocycles. The summed E-state index contributed by atoms with van der Waals surface area (Å²) in [6, 6.07) is 16.4. The molecule has 0 atom stereocenters. The van der Waals surface area contributed by atoms with Crippen LogP contribution in [0.15, 0.2) is 48.5 Å². The first-order valence-electron chi connectivity index (χ1n) is 5.40. The van der Waals surface area contributed by atoms with Crippen molar-refractivity contribution in [3.05, 3.63) is 57.7 Å². The van der Waals surface area contributed by atoms with Crippen LogP contribution in [-0.2, 0) is 6.54 Å². The molecule has 0 aliphatic rings. The molecule has 0 bridgehead atoms. The molecule has 2 nitrogen and oxygen atoms in total. The van der Waals surface area contributed by atoms with Crippen LogP contribution in [0.25, 0.3) is 0 Å². The maximum Gasteiger partial charge on any atom is 0.119 e. The number of hydrogen-bond donors (Lipinski definition) is 1. The van der Waals surface area contributed by atoms with Gasteiger partial charge in [0.2, 0.25) is 0 Å². The summed E-state index contributed by atoms with van der Waals surface area (Å²) >= 11 is 2.30. The first kappa shape index (κ1) is 12.2. The summed E-state index contributed by atoms with van der Waals surface area (Å²) in [4.78, 5) is 0. The van der Waals surface area contributed by atoms with E-state index in [1.165, 1.54) is 9.13 Å². The highest BCUT2D eigenvalue weighted by molar-refractivity contribution is 14.1. The largest absolute Gasteiger partial charge is 0.497 e. The van der Waals surface area contributed by atoms with Gasteiger partial charge in [-0.05, 0) is 64.6 Å². The van der Waals surface area contributed by atoms with Crippen molar-refractivity contribution in [1.82, 2.24) is 0 Å². The first-order chi connectivity index (χ1) is 8.28. The van der Waals surface area contributed by atoms with Gasteiger partial charge < -0.3 is 10.1 Å². The van der Waals surface area contributed by atoms with Gasteiger partial charge >= 0.3 is 0 Å². The molecule has 2 aromatic carbocycles. The summed E-state index contributed by atoms with van der Waals surface area (Å²) < 4.78 is 6.44. The Kier molecular flexibility index (Phi) is 4.25. The number of ether oxygens (including phenoxy) is 1. The van der Waals surface area contributed by atoms with Crippen LogP contribution in [0.5, 0.6) is 5.75 Å². The molecular formula is C14H14INO. The van der Waals surface area contributed by atoms with Crippen molar-refractivity contribution in [3.63, 3.8) is 0 Å². The highest BCUT2D eigenvalue weighted by Gasteiger charge is 1.96. The Bertz CT molecular complexity index is 482. The fourth-order valence-corrected chi connectivity index (χ4v) is 1.91. The van der Waals surface area contributed by atoms with E-state index in [1.54, 1.807) is 7.11 Å². The molecule has 0 saturated carbocycles. The van der Waals surface area contributed by atoms with E-state index in [-0.39, 0.29) is 0 Å². The second-order valence-corrected chi connectivity index (χ2v) is 4.96. The highest BCUT2D eigenvalue weighted by atomic mass is 127. The molecule has 3 heteroatoms. The second kappa shape index (κ2) is 5.91. The van der Waals surface area contributed by atoms with Gasteiger partial charge in [0.15, 0.2) is 0 Å². The van der Waals surface area contributed by atoms with Crippen LogP contribution in [0.1, 0.15) is 5.56 Å². The molecule has 1 N–H and O–H groups in total. The zero-order valence-corrected chi connectivity index (χ0v) is 11.8. The number of anilines is 1. The average molecular weight is 339 g/mol. The Morgan fingerprint density at radius 2 is 1.88 bits per heavy atom. The lowest BCUT2D eigenvalue weighted by Gasteiger charge is -2.08. The van der Waals surface area contributed by atoms with E-state index in [4.69, 9.17) is 4.74 Å². The molecule has 88 valence electrons. The Hall–Kier alpha value is -1.23. The van der Waals surface area contributed by atoms with Gasteiger partial charge in [-0.3, -0.25) is 0 Å². The van der Waals surface area contributed by atoms with Gasteiger partial charge in [0.25, 0.3) is 0 Å². The second-order valence-electron chi connectivity index (χ2n) is 3.71. The monoisotopic (exact) mass is 339 g/mol. The number of nitrogens with one attached hydrogen (secondary N) is 1. The zero-order chi connectivity index (χ0) is 12.1. The van der Waals surface area contributed by atoms with Gasteiger partial charge in [0.05, 0.1) is 7.11 Å². The number of hydrogen-bond acceptors (Lipinski definition) is 2. The van der Waals surface area contributed by atoms with E-state index in [0.717, 1.165) is 18.0 Å². The SMILES string of the molecule is COc1cccc(CNc2ccc(I)cc2)c1. The molecule has 0 aliphatic heterocycles. The maximum atomic E-state index is 5.19. The number of methoxy groups -OCH3 is 1. The van der Waals surface area contributed by atoms with Gasteiger partial charge in [-0.15, -0.1) is 0 Å². The molecule has 2 rings (SSSR count). The van der Waals surface area contributed by atoms with Crippen LogP contribution in [0.2, 0.25) is 0 Å². The van der Waals surface area contributed by atoms with E-state index in [2.05, 4.69) is 58.2 Å². The van der Waals surface area contributed by atoms with Crippen LogP contribution in [0.4, 0.5) is 5.69 Å². The van der Waals surface area contributed by atoms with Crippen molar-refractivity contribution >= 4 is 28.3 Å². The fourth-order valence-electron chi connectivity index (χ4n) is 1.55. The Morgan fingerprint density at radius 1 is 1.12 bits per heavy atom. The third-order valence-electron chi connectivity index (χ3n) is 2.48. The van der Waals surface area contributed by atoms with E-state index >= 15 is 0 Å². The zero-order valence-electron chi connectivity index (χ0n) is 9.61. The van der Waals surface area contributed by atoms with Crippen LogP contribution < -0.4 is 10.1 Å². The lowest BCUT2D eigenvalue weighted by Crippen LogP contribution is -1.99. The Balaban J connectivity index is 1.99. The van der Waals surface area contributed by atoms with Gasteiger partial charge in [0, 0.05) is 15.8 Å². The lowest BCUT2D eigenvalue weighted by molar-refractivity contribution is 0.414. The third kappa shape index (κ3) is 3.63. The normalized spacial score (nSPS) is 10.0. The molecule has 0 spiro atoms. The van der Waals surface area contributed by atoms with E-state index in [1.807, 2.05) is 18.2 Å². The summed E-state index contributed by atoms with van der Waals surface area (Å²) in [7, 11) is 1.69. The van der Waals surface area contributed by atoms with Gasteiger partial charge in [0.1, 0.15) is 5.75 Å². The van der Waals surface area contributed by atoms with Crippen molar-refractivity contribution in [1.29, 1.82) is 0 Å². The van der Waals surface area contributed by atoms with Gasteiger partial charge in [-0.1, -0.05) is 12.1 Å². The molecule has 0 heterocycles. The minimum atomic E-state index is 0.803. The standard InChI is InChI=1S/C14H14INO/c1-17-14-4-2-3-11(9-14)10-16-13-7-5-12(15)6-8-13/h2-9,16H,10H2,1H3. The smallest absolute Gasteiger partial charge is 0.119 e. The molecule has 0 unspecified atom stereocenters. The van der Waals surface area contributed by atoms with E-state index in [9.17, 15) is 0 Å². The van der Waals surface area contributed by atoms with Crippen molar-refractivity contribution < 1.29 is 4.74 Å². The number of benzene rings is 2.